The van der Waals surface area contributed by atoms with Crippen molar-refractivity contribution >= 4 is 39.8 Å². The minimum atomic E-state index is -0.141. The van der Waals surface area contributed by atoms with E-state index in [1.54, 1.807) is 4.90 Å². The normalized spacial score (nSPS) is 16.5. The third-order valence-corrected chi connectivity index (χ3v) is 6.59. The number of benzene rings is 1. The highest BCUT2D eigenvalue weighted by molar-refractivity contribution is 8.02. The first-order chi connectivity index (χ1) is 12.5. The second-order valence-electron chi connectivity index (χ2n) is 6.56. The summed E-state index contributed by atoms with van der Waals surface area (Å²) in [6.07, 6.45) is 0. The number of thioether (sulfide) groups is 1. The maximum atomic E-state index is 12.7. The molecule has 8 heteroatoms. The Balaban J connectivity index is 1.54. The first-order valence-corrected chi connectivity index (χ1v) is 10.7. The zero-order chi connectivity index (χ0) is 18.5. The van der Waals surface area contributed by atoms with Crippen LogP contribution in [0.1, 0.15) is 19.4 Å². The number of nitrogens with one attached hydrogen (secondary N) is 2. The van der Waals surface area contributed by atoms with Crippen LogP contribution in [0, 0.1) is 6.92 Å². The highest BCUT2D eigenvalue weighted by atomic mass is 32.2. The number of hydrogen-bond acceptors (Lipinski definition) is 6. The van der Waals surface area contributed by atoms with Crippen LogP contribution in [-0.2, 0) is 4.79 Å². The predicted molar refractivity (Wildman–Crippen MR) is 108 cm³/mol. The van der Waals surface area contributed by atoms with E-state index < -0.39 is 0 Å². The third kappa shape index (κ3) is 4.96. The summed E-state index contributed by atoms with van der Waals surface area (Å²) in [6.45, 7) is 11.1. The molecule has 1 atom stereocenters. The van der Waals surface area contributed by atoms with Crippen molar-refractivity contribution in [1.29, 1.82) is 0 Å². The van der Waals surface area contributed by atoms with Gasteiger partial charge in [0.25, 0.3) is 0 Å². The Labute approximate surface area is 163 Å². The van der Waals surface area contributed by atoms with E-state index in [1.807, 2.05) is 24.0 Å². The summed E-state index contributed by atoms with van der Waals surface area (Å²) in [5.41, 5.74) is 2.19. The second kappa shape index (κ2) is 8.83. The Morgan fingerprint density at radius 2 is 2.15 bits per heavy atom. The molecule has 0 saturated carbocycles. The molecule has 1 aromatic heterocycles. The van der Waals surface area contributed by atoms with Crippen molar-refractivity contribution in [2.45, 2.75) is 30.4 Å². The molecule has 1 saturated heterocycles. The number of amides is 1. The quantitative estimate of drug-likeness (QED) is 0.735. The fourth-order valence-corrected chi connectivity index (χ4v) is 5.01. The molecule has 0 spiro atoms. The zero-order valence-electron chi connectivity index (χ0n) is 15.5. The van der Waals surface area contributed by atoms with Crippen molar-refractivity contribution in [3.63, 3.8) is 0 Å². The molecule has 140 valence electrons. The number of carbonyl (C=O) groups is 1. The lowest BCUT2D eigenvalue weighted by Gasteiger charge is -2.32. The summed E-state index contributed by atoms with van der Waals surface area (Å²) in [6, 6.07) is 8.14. The summed E-state index contributed by atoms with van der Waals surface area (Å²) < 4.78 is 0.818. The molecule has 1 amide bonds. The highest BCUT2D eigenvalue weighted by Crippen LogP contribution is 2.31. The van der Waals surface area contributed by atoms with Crippen molar-refractivity contribution in [3.05, 3.63) is 29.8 Å². The Morgan fingerprint density at radius 3 is 2.85 bits per heavy atom. The number of quaternary nitrogens is 1. The molecule has 2 aromatic rings. The average molecular weight is 393 g/mol. The minimum absolute atomic E-state index is 0.141. The molecule has 0 bridgehead atoms. The van der Waals surface area contributed by atoms with Gasteiger partial charge in [-0.2, -0.15) is 0 Å². The molecular formula is C18H26N5OS2+. The smallest absolute Gasteiger partial charge is 0.236 e. The Kier molecular flexibility index (Phi) is 6.50. The molecule has 1 aromatic carbocycles. The van der Waals surface area contributed by atoms with Gasteiger partial charge in [-0.3, -0.25) is 4.79 Å². The molecule has 6 nitrogen and oxygen atoms in total. The van der Waals surface area contributed by atoms with E-state index >= 15 is 0 Å². The molecule has 1 aliphatic heterocycles. The van der Waals surface area contributed by atoms with Gasteiger partial charge in [0, 0.05) is 5.69 Å². The number of aromatic nitrogens is 2. The fraction of sp³-hybridized carbons (Fsp3) is 0.500. The first kappa shape index (κ1) is 19.1. The lowest BCUT2D eigenvalue weighted by atomic mass is 10.2. The monoisotopic (exact) mass is 392 g/mol. The van der Waals surface area contributed by atoms with Crippen molar-refractivity contribution in [2.24, 2.45) is 0 Å². The summed E-state index contributed by atoms with van der Waals surface area (Å²) in [4.78, 5) is 16.2. The van der Waals surface area contributed by atoms with E-state index in [4.69, 9.17) is 0 Å². The maximum Gasteiger partial charge on any atom is 0.236 e. The summed E-state index contributed by atoms with van der Waals surface area (Å²) in [5, 5.41) is 12.3. The summed E-state index contributed by atoms with van der Waals surface area (Å²) in [5.74, 6) is 0.202. The first-order valence-electron chi connectivity index (χ1n) is 9.01. The van der Waals surface area contributed by atoms with Crippen LogP contribution in [0.3, 0.4) is 0 Å². The van der Waals surface area contributed by atoms with Gasteiger partial charge in [0.2, 0.25) is 11.0 Å². The number of carbonyl (C=O) groups excluding carboxylic acids is 1. The van der Waals surface area contributed by atoms with Crippen molar-refractivity contribution in [3.8, 4) is 0 Å². The standard InChI is InChI=1S/C18H25N5OS2/c1-4-22-8-10-23(11-9-22)16(24)14(3)25-18-21-20-17(26-18)19-15-7-5-6-13(2)12-15/h5-7,12,14H,4,8-11H2,1-3H3,(H,19,20)/p+1/t14-/m1/s1. The van der Waals surface area contributed by atoms with E-state index in [9.17, 15) is 4.79 Å². The molecule has 2 N–H and O–H groups in total. The maximum absolute atomic E-state index is 12.7. The summed E-state index contributed by atoms with van der Waals surface area (Å²) >= 11 is 2.98. The van der Waals surface area contributed by atoms with Crippen LogP contribution in [0.15, 0.2) is 28.6 Å². The number of hydrogen-bond donors (Lipinski definition) is 2. The van der Waals surface area contributed by atoms with Crippen molar-refractivity contribution in [2.75, 3.05) is 38.0 Å². The van der Waals surface area contributed by atoms with Gasteiger partial charge < -0.3 is 15.1 Å². The third-order valence-electron chi connectivity index (χ3n) is 4.58. The van der Waals surface area contributed by atoms with Gasteiger partial charge in [-0.15, -0.1) is 10.2 Å². The van der Waals surface area contributed by atoms with Gasteiger partial charge in [-0.25, -0.2) is 0 Å². The van der Waals surface area contributed by atoms with E-state index in [0.717, 1.165) is 47.9 Å². The fourth-order valence-electron chi connectivity index (χ4n) is 3.01. The number of likely N-dealkylation sites (N-methyl/N-ethyl adjacent to an activating group) is 1. The average Bonchev–Trinajstić information content (AvgIpc) is 3.08. The van der Waals surface area contributed by atoms with Crippen molar-refractivity contribution in [1.82, 2.24) is 15.1 Å². The molecule has 1 aliphatic rings. The highest BCUT2D eigenvalue weighted by Gasteiger charge is 2.27. The summed E-state index contributed by atoms with van der Waals surface area (Å²) in [7, 11) is 0. The zero-order valence-corrected chi connectivity index (χ0v) is 17.1. The predicted octanol–water partition coefficient (Wildman–Crippen LogP) is 1.82. The van der Waals surface area contributed by atoms with Gasteiger partial charge in [0.1, 0.15) is 0 Å². The van der Waals surface area contributed by atoms with Crippen LogP contribution < -0.4 is 10.2 Å². The Hall–Kier alpha value is -1.64. The Bertz CT molecular complexity index is 743. The largest absolute Gasteiger partial charge is 0.332 e. The molecule has 0 radical (unpaired) electrons. The Morgan fingerprint density at radius 1 is 1.38 bits per heavy atom. The lowest BCUT2D eigenvalue weighted by molar-refractivity contribution is -0.902. The number of aryl methyl sites for hydroxylation is 1. The van der Waals surface area contributed by atoms with Crippen molar-refractivity contribution < 1.29 is 9.69 Å². The van der Waals surface area contributed by atoms with Crippen LogP contribution in [0.4, 0.5) is 10.8 Å². The van der Waals surface area contributed by atoms with Crippen LogP contribution in [0.5, 0.6) is 0 Å². The lowest BCUT2D eigenvalue weighted by Crippen LogP contribution is -3.14. The van der Waals surface area contributed by atoms with Crippen LogP contribution in [-0.4, -0.2) is 59.0 Å². The van der Waals surface area contributed by atoms with E-state index in [1.165, 1.54) is 28.7 Å². The number of piperazine rings is 1. The van der Waals surface area contributed by atoms with Crippen LogP contribution in [0.25, 0.3) is 0 Å². The van der Waals surface area contributed by atoms with E-state index in [-0.39, 0.29) is 11.2 Å². The number of rotatable bonds is 6. The van der Waals surface area contributed by atoms with Gasteiger partial charge in [0.15, 0.2) is 4.34 Å². The topological polar surface area (TPSA) is 62.6 Å². The van der Waals surface area contributed by atoms with Gasteiger partial charge >= 0.3 is 0 Å². The number of anilines is 2. The molecule has 3 rings (SSSR count). The van der Waals surface area contributed by atoms with Gasteiger partial charge in [0.05, 0.1) is 38.0 Å². The van der Waals surface area contributed by atoms with E-state index in [0.29, 0.717) is 0 Å². The molecule has 2 heterocycles. The molecular weight excluding hydrogens is 366 g/mol. The molecule has 0 aliphatic carbocycles. The molecule has 1 fully saturated rings. The number of nitrogens with zero attached hydrogens (tertiary/aromatic N) is 3. The SMILES string of the molecule is CC[NH+]1CCN(C(=O)[C@@H](C)Sc2nnc(Nc3cccc(C)c3)s2)CC1. The molecule has 26 heavy (non-hydrogen) atoms. The van der Waals surface area contributed by atoms with E-state index in [2.05, 4.69) is 41.5 Å². The van der Waals surface area contributed by atoms with Crippen LogP contribution in [0.2, 0.25) is 0 Å². The van der Waals surface area contributed by atoms with Gasteiger partial charge in [-0.1, -0.05) is 35.2 Å². The second-order valence-corrected chi connectivity index (χ2v) is 9.12. The minimum Gasteiger partial charge on any atom is -0.332 e. The van der Waals surface area contributed by atoms with Crippen LogP contribution >= 0.6 is 23.1 Å². The molecule has 0 unspecified atom stereocenters. The van der Waals surface area contributed by atoms with Gasteiger partial charge in [-0.05, 0) is 38.5 Å².